The molecule has 6 heteroatoms. The highest BCUT2D eigenvalue weighted by Crippen LogP contribution is 2.39. The summed E-state index contributed by atoms with van der Waals surface area (Å²) in [6.45, 7) is 7.87. The largest absolute Gasteiger partial charge is 0.492 e. The van der Waals surface area contributed by atoms with E-state index >= 15 is 0 Å². The Bertz CT molecular complexity index is 696. The van der Waals surface area contributed by atoms with E-state index in [1.165, 1.54) is 20.0 Å². The van der Waals surface area contributed by atoms with Crippen molar-refractivity contribution in [1.29, 1.82) is 0 Å². The van der Waals surface area contributed by atoms with Crippen molar-refractivity contribution in [1.82, 2.24) is 0 Å². The molecular weight excluding hydrogens is 298 g/mol. The summed E-state index contributed by atoms with van der Waals surface area (Å²) in [6, 6.07) is 5.68. The summed E-state index contributed by atoms with van der Waals surface area (Å²) in [7, 11) is 0. The number of ether oxygens (including phenoxy) is 3. The van der Waals surface area contributed by atoms with E-state index in [-0.39, 0.29) is 11.0 Å². The minimum atomic E-state index is -1.24. The average molecular weight is 317 g/mol. The molecule has 1 aromatic carbocycles. The lowest BCUT2D eigenvalue weighted by Gasteiger charge is -2.29. The standard InChI is InChI=1S/C17H19NO5/c1-16(2)9-21-13-7-10(5-6-12(13)16)18-8-11-14(19)22-17(3,4)23-15(11)20/h5-8,18H,9H2,1-4H3. The molecule has 0 radical (unpaired) electrons. The van der Waals surface area contributed by atoms with Crippen LogP contribution in [0.2, 0.25) is 0 Å². The third kappa shape index (κ3) is 2.88. The van der Waals surface area contributed by atoms with Crippen LogP contribution in [0.25, 0.3) is 0 Å². The van der Waals surface area contributed by atoms with Crippen LogP contribution >= 0.6 is 0 Å². The van der Waals surface area contributed by atoms with Crippen LogP contribution in [0.1, 0.15) is 33.3 Å². The summed E-state index contributed by atoms with van der Waals surface area (Å²) in [6.07, 6.45) is 1.29. The van der Waals surface area contributed by atoms with Crippen LogP contribution in [0.3, 0.4) is 0 Å². The first-order valence-electron chi connectivity index (χ1n) is 7.39. The number of anilines is 1. The minimum Gasteiger partial charge on any atom is -0.492 e. The highest BCUT2D eigenvalue weighted by Gasteiger charge is 2.39. The Balaban J connectivity index is 1.79. The second-order valence-electron chi connectivity index (χ2n) is 6.76. The van der Waals surface area contributed by atoms with Gasteiger partial charge in [0.2, 0.25) is 0 Å². The lowest BCUT2D eigenvalue weighted by atomic mass is 9.87. The predicted molar refractivity (Wildman–Crippen MR) is 82.9 cm³/mol. The topological polar surface area (TPSA) is 73.9 Å². The van der Waals surface area contributed by atoms with Gasteiger partial charge in [0.25, 0.3) is 5.79 Å². The zero-order valence-corrected chi connectivity index (χ0v) is 13.6. The summed E-state index contributed by atoms with van der Waals surface area (Å²) in [5.74, 6) is -1.86. The van der Waals surface area contributed by atoms with Gasteiger partial charge in [-0.05, 0) is 6.07 Å². The number of cyclic esters (lactones) is 2. The molecule has 2 aliphatic rings. The fourth-order valence-corrected chi connectivity index (χ4v) is 2.56. The molecule has 1 saturated heterocycles. The van der Waals surface area contributed by atoms with Crippen LogP contribution in [-0.2, 0) is 24.5 Å². The molecule has 6 nitrogen and oxygen atoms in total. The van der Waals surface area contributed by atoms with Crippen molar-refractivity contribution in [3.05, 3.63) is 35.5 Å². The summed E-state index contributed by atoms with van der Waals surface area (Å²) in [5.41, 5.74) is 1.65. The normalized spacial score (nSPS) is 21.0. The summed E-state index contributed by atoms with van der Waals surface area (Å²) in [5, 5.41) is 2.92. The van der Waals surface area contributed by atoms with Gasteiger partial charge in [-0.2, -0.15) is 0 Å². The maximum atomic E-state index is 11.9. The SMILES string of the molecule is CC1(C)OC(=O)C(=CNc2ccc3c(c2)OCC3(C)C)C(=O)O1. The van der Waals surface area contributed by atoms with Crippen LogP contribution in [0.15, 0.2) is 30.0 Å². The molecule has 0 amide bonds. The van der Waals surface area contributed by atoms with Crippen molar-refractivity contribution in [2.24, 2.45) is 0 Å². The van der Waals surface area contributed by atoms with E-state index < -0.39 is 17.7 Å². The van der Waals surface area contributed by atoms with E-state index in [9.17, 15) is 9.59 Å². The quantitative estimate of drug-likeness (QED) is 0.513. The molecule has 23 heavy (non-hydrogen) atoms. The number of carbonyl (C=O) groups excluding carboxylic acids is 2. The van der Waals surface area contributed by atoms with Crippen molar-refractivity contribution in [2.75, 3.05) is 11.9 Å². The molecule has 1 fully saturated rings. The average Bonchev–Trinajstić information content (AvgIpc) is 2.72. The highest BCUT2D eigenvalue weighted by molar-refractivity contribution is 6.15. The molecule has 0 atom stereocenters. The van der Waals surface area contributed by atoms with Crippen molar-refractivity contribution in [3.63, 3.8) is 0 Å². The van der Waals surface area contributed by atoms with E-state index in [2.05, 4.69) is 19.2 Å². The molecular formula is C17H19NO5. The lowest BCUT2D eigenvalue weighted by molar-refractivity contribution is -0.222. The van der Waals surface area contributed by atoms with E-state index in [1.54, 1.807) is 0 Å². The number of benzene rings is 1. The first-order valence-corrected chi connectivity index (χ1v) is 7.39. The second kappa shape index (κ2) is 5.01. The summed E-state index contributed by atoms with van der Waals surface area (Å²) in [4.78, 5) is 23.7. The number of fused-ring (bicyclic) bond motifs is 1. The Labute approximate surface area is 134 Å². The molecule has 0 aliphatic carbocycles. The lowest BCUT2D eigenvalue weighted by Crippen LogP contribution is -2.42. The molecule has 1 aromatic rings. The molecule has 1 N–H and O–H groups in total. The minimum absolute atomic E-state index is 0.0190. The molecule has 122 valence electrons. The summed E-state index contributed by atoms with van der Waals surface area (Å²) >= 11 is 0. The predicted octanol–water partition coefficient (Wildman–Crippen LogP) is 2.49. The molecule has 3 rings (SSSR count). The van der Waals surface area contributed by atoms with Gasteiger partial charge in [0, 0.05) is 42.8 Å². The van der Waals surface area contributed by atoms with Crippen molar-refractivity contribution in [2.45, 2.75) is 38.9 Å². The Morgan fingerprint density at radius 1 is 1.09 bits per heavy atom. The van der Waals surface area contributed by atoms with Gasteiger partial charge in [-0.25, -0.2) is 9.59 Å². The number of hydrogen-bond donors (Lipinski definition) is 1. The van der Waals surface area contributed by atoms with Crippen LogP contribution in [-0.4, -0.2) is 24.3 Å². The van der Waals surface area contributed by atoms with E-state index in [0.29, 0.717) is 12.3 Å². The Morgan fingerprint density at radius 3 is 2.39 bits per heavy atom. The smallest absolute Gasteiger partial charge is 0.350 e. The van der Waals surface area contributed by atoms with Crippen molar-refractivity contribution < 1.29 is 23.8 Å². The number of esters is 2. The number of hydrogen-bond acceptors (Lipinski definition) is 6. The molecule has 0 saturated carbocycles. The van der Waals surface area contributed by atoms with Crippen molar-refractivity contribution in [3.8, 4) is 5.75 Å². The fraction of sp³-hybridized carbons (Fsp3) is 0.412. The Morgan fingerprint density at radius 2 is 1.74 bits per heavy atom. The van der Waals surface area contributed by atoms with E-state index in [0.717, 1.165) is 11.3 Å². The van der Waals surface area contributed by atoms with Crippen LogP contribution in [0.5, 0.6) is 5.75 Å². The molecule has 2 heterocycles. The maximum Gasteiger partial charge on any atom is 0.350 e. The second-order valence-corrected chi connectivity index (χ2v) is 6.76. The van der Waals surface area contributed by atoms with Crippen LogP contribution in [0, 0.1) is 0 Å². The van der Waals surface area contributed by atoms with Gasteiger partial charge >= 0.3 is 11.9 Å². The first kappa shape index (κ1) is 15.4. The third-order valence-corrected chi connectivity index (χ3v) is 3.80. The fourth-order valence-electron chi connectivity index (χ4n) is 2.56. The molecule has 0 spiro atoms. The van der Waals surface area contributed by atoms with Gasteiger partial charge in [0.15, 0.2) is 5.57 Å². The van der Waals surface area contributed by atoms with E-state index in [1.807, 2.05) is 18.2 Å². The third-order valence-electron chi connectivity index (χ3n) is 3.80. The van der Waals surface area contributed by atoms with Crippen molar-refractivity contribution >= 4 is 17.6 Å². The van der Waals surface area contributed by atoms with Crippen LogP contribution < -0.4 is 10.1 Å². The number of carbonyl (C=O) groups is 2. The maximum absolute atomic E-state index is 11.9. The molecule has 0 unspecified atom stereocenters. The van der Waals surface area contributed by atoms with Gasteiger partial charge in [0.1, 0.15) is 5.75 Å². The van der Waals surface area contributed by atoms with E-state index in [4.69, 9.17) is 14.2 Å². The zero-order chi connectivity index (χ0) is 16.8. The van der Waals surface area contributed by atoms with Gasteiger partial charge in [-0.3, -0.25) is 0 Å². The summed E-state index contributed by atoms with van der Waals surface area (Å²) < 4.78 is 15.7. The highest BCUT2D eigenvalue weighted by atomic mass is 16.7. The number of rotatable bonds is 2. The first-order chi connectivity index (χ1) is 10.7. The molecule has 0 bridgehead atoms. The molecule has 0 aromatic heterocycles. The van der Waals surface area contributed by atoms with Gasteiger partial charge in [-0.1, -0.05) is 19.9 Å². The van der Waals surface area contributed by atoms with Gasteiger partial charge in [-0.15, -0.1) is 0 Å². The Hall–Kier alpha value is -2.50. The monoisotopic (exact) mass is 317 g/mol. The van der Waals surface area contributed by atoms with Gasteiger partial charge < -0.3 is 19.5 Å². The van der Waals surface area contributed by atoms with Gasteiger partial charge in [0.05, 0.1) is 6.61 Å². The number of nitrogens with one attached hydrogen (secondary N) is 1. The molecule has 2 aliphatic heterocycles. The Kier molecular flexibility index (Phi) is 3.35. The zero-order valence-electron chi connectivity index (χ0n) is 13.6. The van der Waals surface area contributed by atoms with Crippen LogP contribution in [0.4, 0.5) is 5.69 Å².